The van der Waals surface area contributed by atoms with E-state index in [1.807, 2.05) is 25.2 Å². The summed E-state index contributed by atoms with van der Waals surface area (Å²) in [5.74, 6) is 1.39. The summed E-state index contributed by atoms with van der Waals surface area (Å²) < 4.78 is 15.8. The first-order chi connectivity index (χ1) is 14.9. The largest absolute Gasteiger partial charge is 0.493 e. The Labute approximate surface area is 187 Å². The van der Waals surface area contributed by atoms with Crippen LogP contribution in [0, 0.1) is 5.92 Å². The number of carbonyl (C=O) groups excluding carboxylic acids is 2. The van der Waals surface area contributed by atoms with Crippen molar-refractivity contribution in [1.29, 1.82) is 0 Å². The van der Waals surface area contributed by atoms with E-state index in [0.29, 0.717) is 34.5 Å². The zero-order chi connectivity index (χ0) is 22.5. The molecule has 8 heteroatoms. The number of methoxy groups -OCH3 is 3. The van der Waals surface area contributed by atoms with Crippen molar-refractivity contribution >= 4 is 28.2 Å². The van der Waals surface area contributed by atoms with Gasteiger partial charge in [-0.15, -0.1) is 11.3 Å². The zero-order valence-corrected chi connectivity index (χ0v) is 19.6. The molecule has 7 nitrogen and oxygen atoms in total. The van der Waals surface area contributed by atoms with Crippen molar-refractivity contribution < 1.29 is 28.7 Å². The maximum atomic E-state index is 12.8. The number of ether oxygens (including phenoxy) is 3. The summed E-state index contributed by atoms with van der Waals surface area (Å²) >= 11 is 1.50. The minimum absolute atomic E-state index is 0.142. The first-order valence-corrected chi connectivity index (χ1v) is 11.2. The molecule has 2 atom stereocenters. The number of anilines is 1. The van der Waals surface area contributed by atoms with Crippen LogP contribution in [0.15, 0.2) is 18.2 Å². The van der Waals surface area contributed by atoms with Crippen molar-refractivity contribution in [3.8, 4) is 11.5 Å². The Hall–Kier alpha value is -2.58. The lowest BCUT2D eigenvalue weighted by molar-refractivity contribution is -0.885. The highest BCUT2D eigenvalue weighted by atomic mass is 32.1. The molecule has 0 saturated carbocycles. The molecule has 1 aromatic heterocycles. The second kappa shape index (κ2) is 10.2. The number of hydrogen-bond donors (Lipinski definition) is 2. The summed E-state index contributed by atoms with van der Waals surface area (Å²) in [6.07, 6.45) is 2.81. The third-order valence-corrected chi connectivity index (χ3v) is 6.76. The third-order valence-electron chi connectivity index (χ3n) is 5.59. The molecule has 168 valence electrons. The Bertz CT molecular complexity index is 956. The van der Waals surface area contributed by atoms with Gasteiger partial charge >= 0.3 is 5.97 Å². The average Bonchev–Trinajstić information content (AvgIpc) is 3.09. The van der Waals surface area contributed by atoms with Crippen LogP contribution in [0.1, 0.15) is 39.7 Å². The summed E-state index contributed by atoms with van der Waals surface area (Å²) in [5, 5.41) is 3.57. The van der Waals surface area contributed by atoms with Gasteiger partial charge in [-0.1, -0.05) is 13.0 Å². The maximum absolute atomic E-state index is 12.8. The summed E-state index contributed by atoms with van der Waals surface area (Å²) in [5.41, 5.74) is 2.52. The number of nitrogens with one attached hydrogen (secondary N) is 2. The second-order valence-electron chi connectivity index (χ2n) is 8.06. The van der Waals surface area contributed by atoms with Crippen LogP contribution in [0.5, 0.6) is 11.5 Å². The predicted octanol–water partition coefficient (Wildman–Crippen LogP) is 2.33. The fraction of sp³-hybridized carbons (Fsp3) is 0.478. The molecule has 0 saturated heterocycles. The number of thiophene rings is 1. The quantitative estimate of drug-likeness (QED) is 0.608. The van der Waals surface area contributed by atoms with E-state index in [1.165, 1.54) is 23.3 Å². The SMILES string of the molecule is COC(=O)c1c(NC(=O)C[NH+](C)Cc2cccc(OC)c2OC)sc2c1CC[C@H](C)C2. The Morgan fingerprint density at radius 3 is 2.68 bits per heavy atom. The van der Waals surface area contributed by atoms with Gasteiger partial charge in [0.05, 0.1) is 39.5 Å². The summed E-state index contributed by atoms with van der Waals surface area (Å²) in [6.45, 7) is 3.06. The molecular formula is C23H31N2O5S+. The number of amides is 1. The Balaban J connectivity index is 1.72. The number of hydrogen-bond acceptors (Lipinski definition) is 6. The van der Waals surface area contributed by atoms with Gasteiger partial charge in [0.2, 0.25) is 0 Å². The van der Waals surface area contributed by atoms with Crippen LogP contribution >= 0.6 is 11.3 Å². The molecule has 31 heavy (non-hydrogen) atoms. The molecule has 0 aliphatic heterocycles. The molecular weight excluding hydrogens is 416 g/mol. The molecule has 1 aromatic carbocycles. The van der Waals surface area contributed by atoms with Crippen molar-refractivity contribution in [1.82, 2.24) is 0 Å². The highest BCUT2D eigenvalue weighted by Gasteiger charge is 2.29. The van der Waals surface area contributed by atoms with Gasteiger partial charge in [-0.05, 0) is 42.9 Å². The van der Waals surface area contributed by atoms with Gasteiger partial charge in [-0.2, -0.15) is 0 Å². The number of benzene rings is 1. The number of fused-ring (bicyclic) bond motifs is 1. The lowest BCUT2D eigenvalue weighted by Gasteiger charge is -2.18. The molecule has 2 N–H and O–H groups in total. The van der Waals surface area contributed by atoms with Gasteiger partial charge in [0.15, 0.2) is 18.0 Å². The average molecular weight is 448 g/mol. The van der Waals surface area contributed by atoms with Crippen LogP contribution in [0.3, 0.4) is 0 Å². The molecule has 0 radical (unpaired) electrons. The molecule has 1 amide bonds. The lowest BCUT2D eigenvalue weighted by atomic mass is 9.88. The zero-order valence-electron chi connectivity index (χ0n) is 18.8. The first-order valence-electron chi connectivity index (χ1n) is 10.4. The highest BCUT2D eigenvalue weighted by Crippen LogP contribution is 2.40. The highest BCUT2D eigenvalue weighted by molar-refractivity contribution is 7.17. The number of quaternary nitrogens is 1. The van der Waals surface area contributed by atoms with Crippen molar-refractivity contribution in [2.24, 2.45) is 5.92 Å². The van der Waals surface area contributed by atoms with E-state index in [2.05, 4.69) is 12.2 Å². The van der Waals surface area contributed by atoms with Gasteiger partial charge in [-0.25, -0.2) is 4.79 Å². The van der Waals surface area contributed by atoms with Gasteiger partial charge in [0.1, 0.15) is 11.5 Å². The van der Waals surface area contributed by atoms with Crippen molar-refractivity contribution in [2.75, 3.05) is 40.2 Å². The summed E-state index contributed by atoms with van der Waals surface area (Å²) in [7, 11) is 6.53. The first kappa shape index (κ1) is 23.1. The minimum Gasteiger partial charge on any atom is -0.493 e. The number of esters is 1. The standard InChI is InChI=1S/C23H30N2O5S/c1-14-9-10-16-18(11-14)31-22(20(16)23(27)30-5)24-19(26)13-25(2)12-15-7-6-8-17(28-3)21(15)29-4/h6-8,14H,9-13H2,1-5H3,(H,24,26)/p+1/t14-/m0/s1. The van der Waals surface area contributed by atoms with E-state index in [-0.39, 0.29) is 18.4 Å². The number of para-hydroxylation sites is 1. The molecule has 3 rings (SSSR count). The van der Waals surface area contributed by atoms with E-state index in [9.17, 15) is 9.59 Å². The van der Waals surface area contributed by atoms with Crippen molar-refractivity contribution in [3.05, 3.63) is 39.8 Å². The van der Waals surface area contributed by atoms with Crippen LogP contribution < -0.4 is 19.7 Å². The van der Waals surface area contributed by atoms with Crippen LogP contribution in [0.4, 0.5) is 5.00 Å². The van der Waals surface area contributed by atoms with Gasteiger partial charge < -0.3 is 24.4 Å². The van der Waals surface area contributed by atoms with Crippen molar-refractivity contribution in [2.45, 2.75) is 32.7 Å². The fourth-order valence-corrected chi connectivity index (χ4v) is 5.50. The Kier molecular flexibility index (Phi) is 7.56. The minimum atomic E-state index is -0.385. The number of likely N-dealkylation sites (N-methyl/N-ethyl adjacent to an activating group) is 1. The van der Waals surface area contributed by atoms with Crippen LogP contribution in [0.25, 0.3) is 0 Å². The molecule has 1 aliphatic carbocycles. The molecule has 1 unspecified atom stereocenters. The van der Waals surface area contributed by atoms with Gasteiger partial charge in [0, 0.05) is 4.88 Å². The van der Waals surface area contributed by atoms with Crippen LogP contribution in [-0.4, -0.2) is 46.8 Å². The summed E-state index contributed by atoms with van der Waals surface area (Å²) in [6, 6.07) is 5.72. The molecule has 0 spiro atoms. The molecule has 0 bridgehead atoms. The van der Waals surface area contributed by atoms with E-state index in [0.717, 1.165) is 35.3 Å². The fourth-order valence-electron chi connectivity index (χ4n) is 4.08. The van der Waals surface area contributed by atoms with Crippen LogP contribution in [-0.2, 0) is 28.9 Å². The Morgan fingerprint density at radius 1 is 1.23 bits per heavy atom. The maximum Gasteiger partial charge on any atom is 0.341 e. The molecule has 1 heterocycles. The molecule has 1 aliphatic rings. The monoisotopic (exact) mass is 447 g/mol. The summed E-state index contributed by atoms with van der Waals surface area (Å²) in [4.78, 5) is 27.4. The lowest BCUT2D eigenvalue weighted by Crippen LogP contribution is -3.08. The second-order valence-corrected chi connectivity index (χ2v) is 9.16. The topological polar surface area (TPSA) is 78.3 Å². The normalized spacial score (nSPS) is 16.2. The Morgan fingerprint density at radius 2 is 2.00 bits per heavy atom. The van der Waals surface area contributed by atoms with Gasteiger partial charge in [0.25, 0.3) is 5.91 Å². The van der Waals surface area contributed by atoms with Crippen molar-refractivity contribution in [3.63, 3.8) is 0 Å². The van der Waals surface area contributed by atoms with E-state index < -0.39 is 0 Å². The van der Waals surface area contributed by atoms with Crippen LogP contribution in [0.2, 0.25) is 0 Å². The number of carbonyl (C=O) groups is 2. The predicted molar refractivity (Wildman–Crippen MR) is 120 cm³/mol. The molecule has 0 fully saturated rings. The van der Waals surface area contributed by atoms with E-state index in [4.69, 9.17) is 14.2 Å². The van der Waals surface area contributed by atoms with E-state index >= 15 is 0 Å². The smallest absolute Gasteiger partial charge is 0.341 e. The van der Waals surface area contributed by atoms with Gasteiger partial charge in [-0.3, -0.25) is 4.79 Å². The molecule has 2 aromatic rings. The third kappa shape index (κ3) is 5.19. The number of rotatable bonds is 8. The van der Waals surface area contributed by atoms with E-state index in [1.54, 1.807) is 14.2 Å².